The van der Waals surface area contributed by atoms with Gasteiger partial charge in [0.05, 0.1) is 11.8 Å². The third kappa shape index (κ3) is 4.09. The molecule has 1 amide bonds. The lowest BCUT2D eigenvalue weighted by Crippen LogP contribution is -2.38. The standard InChI is InChI=1S/C9H16N2O3S/c1-2-3-10-7(12)4-8-11-6(5-15-8)9(13)14/h6,8,11H,2-5H2,1H3,(H,10,12)(H,13,14)/t6-,8?/m1/s1. The van der Waals surface area contributed by atoms with E-state index in [2.05, 4.69) is 10.6 Å². The lowest BCUT2D eigenvalue weighted by molar-refractivity contribution is -0.138. The molecule has 2 atom stereocenters. The Morgan fingerprint density at radius 2 is 2.33 bits per heavy atom. The largest absolute Gasteiger partial charge is 0.480 e. The fraction of sp³-hybridized carbons (Fsp3) is 0.778. The van der Waals surface area contributed by atoms with Crippen molar-refractivity contribution in [3.8, 4) is 0 Å². The lowest BCUT2D eigenvalue weighted by atomic mass is 10.3. The summed E-state index contributed by atoms with van der Waals surface area (Å²) in [6.45, 7) is 2.67. The number of rotatable bonds is 5. The van der Waals surface area contributed by atoms with Crippen molar-refractivity contribution in [2.45, 2.75) is 31.2 Å². The van der Waals surface area contributed by atoms with Gasteiger partial charge in [0, 0.05) is 12.3 Å². The number of carboxylic acids is 1. The molecule has 15 heavy (non-hydrogen) atoms. The van der Waals surface area contributed by atoms with E-state index >= 15 is 0 Å². The maximum Gasteiger partial charge on any atom is 0.321 e. The van der Waals surface area contributed by atoms with E-state index in [4.69, 9.17) is 5.11 Å². The fourth-order valence-corrected chi connectivity index (χ4v) is 2.49. The van der Waals surface area contributed by atoms with Gasteiger partial charge in [0.15, 0.2) is 0 Å². The van der Waals surface area contributed by atoms with Gasteiger partial charge in [0.25, 0.3) is 0 Å². The topological polar surface area (TPSA) is 78.4 Å². The van der Waals surface area contributed by atoms with Crippen molar-refractivity contribution in [3.05, 3.63) is 0 Å². The van der Waals surface area contributed by atoms with E-state index in [0.29, 0.717) is 18.7 Å². The molecule has 6 heteroatoms. The SMILES string of the molecule is CCCNC(=O)CC1N[C@@H](C(=O)O)CS1. The van der Waals surface area contributed by atoms with Crippen LogP contribution in [-0.2, 0) is 9.59 Å². The van der Waals surface area contributed by atoms with Crippen molar-refractivity contribution in [1.82, 2.24) is 10.6 Å². The number of hydrogen-bond donors (Lipinski definition) is 3. The highest BCUT2D eigenvalue weighted by Gasteiger charge is 2.30. The van der Waals surface area contributed by atoms with Crippen molar-refractivity contribution < 1.29 is 14.7 Å². The first-order valence-electron chi connectivity index (χ1n) is 5.00. The van der Waals surface area contributed by atoms with Gasteiger partial charge in [-0.1, -0.05) is 6.92 Å². The Labute approximate surface area is 93.0 Å². The molecule has 1 aliphatic rings. The van der Waals surface area contributed by atoms with Gasteiger partial charge in [-0.15, -0.1) is 11.8 Å². The smallest absolute Gasteiger partial charge is 0.321 e. The second-order valence-corrected chi connectivity index (χ2v) is 4.67. The van der Waals surface area contributed by atoms with Crippen LogP contribution in [0.25, 0.3) is 0 Å². The molecular weight excluding hydrogens is 216 g/mol. The average Bonchev–Trinajstić information content (AvgIpc) is 2.63. The highest BCUT2D eigenvalue weighted by Crippen LogP contribution is 2.21. The second-order valence-electron chi connectivity index (χ2n) is 3.43. The van der Waals surface area contributed by atoms with Crippen molar-refractivity contribution in [3.63, 3.8) is 0 Å². The number of thioether (sulfide) groups is 1. The van der Waals surface area contributed by atoms with Crippen molar-refractivity contribution >= 4 is 23.6 Å². The quantitative estimate of drug-likeness (QED) is 0.623. The van der Waals surface area contributed by atoms with Crippen molar-refractivity contribution in [2.75, 3.05) is 12.3 Å². The van der Waals surface area contributed by atoms with Crippen LogP contribution in [0.4, 0.5) is 0 Å². The predicted octanol–water partition coefficient (Wildman–Crippen LogP) is 0.0184. The molecule has 0 aromatic carbocycles. The zero-order valence-electron chi connectivity index (χ0n) is 8.66. The van der Waals surface area contributed by atoms with E-state index in [0.717, 1.165) is 6.42 Å². The highest BCUT2D eigenvalue weighted by molar-refractivity contribution is 8.00. The number of carbonyl (C=O) groups excluding carboxylic acids is 1. The Balaban J connectivity index is 2.23. The molecule has 0 bridgehead atoms. The van der Waals surface area contributed by atoms with Crippen LogP contribution >= 0.6 is 11.8 Å². The summed E-state index contributed by atoms with van der Waals surface area (Å²) in [5, 5.41) is 14.3. The molecule has 0 aliphatic carbocycles. The van der Waals surface area contributed by atoms with E-state index in [1.807, 2.05) is 6.92 Å². The monoisotopic (exact) mass is 232 g/mol. The molecule has 0 saturated carbocycles. The van der Waals surface area contributed by atoms with Crippen molar-refractivity contribution in [2.24, 2.45) is 0 Å². The summed E-state index contributed by atoms with van der Waals surface area (Å²) in [6.07, 6.45) is 1.25. The van der Waals surface area contributed by atoms with Gasteiger partial charge in [-0.05, 0) is 6.42 Å². The number of carboxylic acid groups (broad SMARTS) is 1. The van der Waals surface area contributed by atoms with E-state index < -0.39 is 12.0 Å². The maximum atomic E-state index is 11.3. The van der Waals surface area contributed by atoms with Gasteiger partial charge in [0.2, 0.25) is 5.91 Å². The molecule has 1 aliphatic heterocycles. The summed E-state index contributed by atoms with van der Waals surface area (Å²) in [6, 6.07) is -0.515. The molecule has 0 radical (unpaired) electrons. The Bertz CT molecular complexity index is 248. The number of hydrogen-bond acceptors (Lipinski definition) is 4. The fourth-order valence-electron chi connectivity index (χ4n) is 1.30. The van der Waals surface area contributed by atoms with E-state index in [1.54, 1.807) is 0 Å². The summed E-state index contributed by atoms with van der Waals surface area (Å²) in [7, 11) is 0. The van der Waals surface area contributed by atoms with Crippen LogP contribution in [0.2, 0.25) is 0 Å². The second kappa shape index (κ2) is 5.97. The molecule has 1 fully saturated rings. The molecule has 5 nitrogen and oxygen atoms in total. The zero-order valence-corrected chi connectivity index (χ0v) is 9.47. The number of carbonyl (C=O) groups is 2. The minimum Gasteiger partial charge on any atom is -0.480 e. The van der Waals surface area contributed by atoms with Crippen LogP contribution in [0.15, 0.2) is 0 Å². The van der Waals surface area contributed by atoms with Crippen LogP contribution in [0.5, 0.6) is 0 Å². The Kier molecular flexibility index (Phi) is 4.90. The first kappa shape index (κ1) is 12.3. The zero-order chi connectivity index (χ0) is 11.3. The number of aliphatic carboxylic acids is 1. The van der Waals surface area contributed by atoms with Crippen LogP contribution in [-0.4, -0.2) is 40.7 Å². The maximum absolute atomic E-state index is 11.3. The molecule has 0 aromatic rings. The minimum absolute atomic E-state index is 0.0205. The number of amides is 1. The molecular formula is C9H16N2O3S. The van der Waals surface area contributed by atoms with Crippen LogP contribution in [0.3, 0.4) is 0 Å². The highest BCUT2D eigenvalue weighted by atomic mass is 32.2. The molecule has 0 aromatic heterocycles. The van der Waals surface area contributed by atoms with Crippen LogP contribution in [0, 0.1) is 0 Å². The minimum atomic E-state index is -0.848. The van der Waals surface area contributed by atoms with Crippen LogP contribution in [0.1, 0.15) is 19.8 Å². The van der Waals surface area contributed by atoms with E-state index in [-0.39, 0.29) is 11.3 Å². The van der Waals surface area contributed by atoms with E-state index in [9.17, 15) is 9.59 Å². The van der Waals surface area contributed by atoms with Crippen molar-refractivity contribution in [1.29, 1.82) is 0 Å². The van der Waals surface area contributed by atoms with Gasteiger partial charge < -0.3 is 10.4 Å². The Morgan fingerprint density at radius 1 is 1.60 bits per heavy atom. The Hall–Kier alpha value is -0.750. The van der Waals surface area contributed by atoms with Gasteiger partial charge in [-0.25, -0.2) is 0 Å². The third-order valence-corrected chi connectivity index (χ3v) is 3.32. The normalized spacial score (nSPS) is 25.1. The van der Waals surface area contributed by atoms with Gasteiger partial charge in [-0.2, -0.15) is 0 Å². The summed E-state index contributed by atoms with van der Waals surface area (Å²) < 4.78 is 0. The van der Waals surface area contributed by atoms with Gasteiger partial charge >= 0.3 is 5.97 Å². The first-order valence-corrected chi connectivity index (χ1v) is 6.05. The van der Waals surface area contributed by atoms with Gasteiger partial charge in [-0.3, -0.25) is 14.9 Å². The third-order valence-electron chi connectivity index (χ3n) is 2.09. The summed E-state index contributed by atoms with van der Waals surface area (Å²) in [4.78, 5) is 22.0. The molecule has 1 heterocycles. The average molecular weight is 232 g/mol. The van der Waals surface area contributed by atoms with Crippen LogP contribution < -0.4 is 10.6 Å². The molecule has 1 unspecified atom stereocenters. The predicted molar refractivity (Wildman–Crippen MR) is 58.7 cm³/mol. The molecule has 3 N–H and O–H groups in total. The summed E-state index contributed by atoms with van der Waals surface area (Å²) in [5.74, 6) is -0.340. The molecule has 1 saturated heterocycles. The summed E-state index contributed by atoms with van der Waals surface area (Å²) in [5.41, 5.74) is 0. The first-order chi connectivity index (χ1) is 7.13. The molecule has 1 rings (SSSR count). The molecule has 86 valence electrons. The van der Waals surface area contributed by atoms with E-state index in [1.165, 1.54) is 11.8 Å². The van der Waals surface area contributed by atoms with Gasteiger partial charge in [0.1, 0.15) is 6.04 Å². The lowest BCUT2D eigenvalue weighted by Gasteiger charge is -2.10. The Morgan fingerprint density at radius 3 is 2.87 bits per heavy atom. The molecule has 0 spiro atoms. The number of nitrogens with one attached hydrogen (secondary N) is 2. The summed E-state index contributed by atoms with van der Waals surface area (Å²) >= 11 is 1.49.